The van der Waals surface area contributed by atoms with Crippen molar-refractivity contribution < 1.29 is 19.4 Å². The number of phenolic OH excluding ortho intramolecular Hbond substituents is 1. The summed E-state index contributed by atoms with van der Waals surface area (Å²) in [5.41, 5.74) is -0.873. The number of ketones is 1. The lowest BCUT2D eigenvalue weighted by Gasteiger charge is -2.32. The lowest BCUT2D eigenvalue weighted by molar-refractivity contribution is -0.145. The Kier molecular flexibility index (Phi) is 7.73. The first-order valence-corrected chi connectivity index (χ1v) is 14.0. The maximum Gasteiger partial charge on any atom is 0.343 e. The van der Waals surface area contributed by atoms with E-state index in [2.05, 4.69) is 0 Å². The molecule has 0 heterocycles. The number of esters is 1. The summed E-state index contributed by atoms with van der Waals surface area (Å²) in [6.45, 7) is 2.18. The quantitative estimate of drug-likeness (QED) is 0.149. The molecule has 0 fully saturated rings. The van der Waals surface area contributed by atoms with Crippen LogP contribution in [-0.4, -0.2) is 27.8 Å². The number of aromatic hydroxyl groups is 1. The number of rotatable bonds is 6. The largest absolute Gasteiger partial charge is 0.507 e. The number of benzene rings is 4. The first-order chi connectivity index (χ1) is 17.6. The zero-order chi connectivity index (χ0) is 26.6. The first-order valence-electron chi connectivity index (χ1n) is 11.8. The van der Waals surface area contributed by atoms with Gasteiger partial charge in [-0.05, 0) is 61.8 Å². The molecule has 37 heavy (non-hydrogen) atoms. The topological polar surface area (TPSA) is 63.6 Å². The second-order valence-corrected chi connectivity index (χ2v) is 13.3. The van der Waals surface area contributed by atoms with Crippen molar-refractivity contribution in [3.63, 3.8) is 0 Å². The van der Waals surface area contributed by atoms with Gasteiger partial charge in [0.1, 0.15) is 16.6 Å². The minimum atomic E-state index is -3.11. The molecule has 4 aromatic rings. The minimum Gasteiger partial charge on any atom is -0.507 e. The normalized spacial score (nSPS) is 11.6. The number of hydrogen-bond acceptors (Lipinski definition) is 4. The van der Waals surface area contributed by atoms with Crippen molar-refractivity contribution in [1.82, 2.24) is 0 Å². The van der Waals surface area contributed by atoms with E-state index in [4.69, 9.17) is 16.3 Å². The summed E-state index contributed by atoms with van der Waals surface area (Å²) < 4.78 is 5.90. The highest BCUT2D eigenvalue weighted by Crippen LogP contribution is 2.47. The summed E-state index contributed by atoms with van der Waals surface area (Å²) in [4.78, 5) is 28.6. The van der Waals surface area contributed by atoms with E-state index in [0.29, 0.717) is 0 Å². The summed E-state index contributed by atoms with van der Waals surface area (Å²) in [7, 11) is 0. The van der Waals surface area contributed by atoms with Gasteiger partial charge in [0.2, 0.25) is 5.78 Å². The lowest BCUT2D eigenvalue weighted by Crippen LogP contribution is -2.40. The number of phenols is 1. The van der Waals surface area contributed by atoms with Crippen molar-refractivity contribution in [3.8, 4) is 5.75 Å². The molecule has 4 nitrogen and oxygen atoms in total. The second-order valence-electron chi connectivity index (χ2n) is 9.52. The number of ether oxygens (including phenoxy) is 1. The number of Topliss-reactive ketones (excluding diaryl/α,β-unsaturated/α-hetero) is 1. The average Bonchev–Trinajstić information content (AvgIpc) is 2.87. The maximum atomic E-state index is 14.5. The summed E-state index contributed by atoms with van der Waals surface area (Å²) >= 11 is 6.07. The fourth-order valence-corrected chi connectivity index (χ4v) is 8.76. The third-order valence-electron chi connectivity index (χ3n) is 5.78. The molecule has 0 aromatic heterocycles. The van der Waals surface area contributed by atoms with Gasteiger partial charge in [-0.15, -0.1) is 0 Å². The minimum absolute atomic E-state index is 0.0163. The maximum absolute atomic E-state index is 14.5. The van der Waals surface area contributed by atoms with Crippen LogP contribution in [0.1, 0.15) is 31.1 Å². The number of carbonyl (C=O) groups excluding carboxylic acids is 2. The molecular formula is C31H28ClO4P. The molecule has 0 saturated carbocycles. The second kappa shape index (κ2) is 10.8. The highest BCUT2D eigenvalue weighted by atomic mass is 35.5. The molecule has 0 bridgehead atoms. The zero-order valence-corrected chi connectivity index (χ0v) is 22.5. The Morgan fingerprint density at radius 1 is 0.730 bits per heavy atom. The third kappa shape index (κ3) is 5.41. The molecule has 0 atom stereocenters. The van der Waals surface area contributed by atoms with Gasteiger partial charge < -0.3 is 9.84 Å². The van der Waals surface area contributed by atoms with Crippen molar-refractivity contribution >= 4 is 51.4 Å². The van der Waals surface area contributed by atoms with Crippen LogP contribution in [0.2, 0.25) is 5.02 Å². The standard InChI is InChI=1S/C31H28ClO4P/c1-31(2,3)36-30(35)29(28(34)26-20-19-22(32)21-27(26)33)37(23-13-7-4-8-14-23,24-15-9-5-10-16-24)25-17-11-6-12-18-25/h4-21,33H,1-3H3. The molecule has 0 amide bonds. The lowest BCUT2D eigenvalue weighted by atomic mass is 10.1. The first kappa shape index (κ1) is 26.5. The molecule has 188 valence electrons. The van der Waals surface area contributed by atoms with Crippen molar-refractivity contribution in [1.29, 1.82) is 0 Å². The van der Waals surface area contributed by atoms with E-state index in [1.165, 1.54) is 18.2 Å². The van der Waals surface area contributed by atoms with E-state index in [1.54, 1.807) is 20.8 Å². The monoisotopic (exact) mass is 530 g/mol. The van der Waals surface area contributed by atoms with Gasteiger partial charge >= 0.3 is 5.97 Å². The van der Waals surface area contributed by atoms with E-state index in [0.717, 1.165) is 15.9 Å². The van der Waals surface area contributed by atoms with Crippen LogP contribution in [0.25, 0.3) is 0 Å². The molecule has 6 heteroatoms. The van der Waals surface area contributed by atoms with Gasteiger partial charge in [-0.1, -0.05) is 103 Å². The van der Waals surface area contributed by atoms with E-state index < -0.39 is 24.2 Å². The summed E-state index contributed by atoms with van der Waals surface area (Å²) in [6.07, 6.45) is 0. The van der Waals surface area contributed by atoms with Crippen molar-refractivity contribution in [3.05, 3.63) is 120 Å². The van der Waals surface area contributed by atoms with E-state index in [1.807, 2.05) is 91.0 Å². The van der Waals surface area contributed by atoms with Crippen LogP contribution in [0.15, 0.2) is 109 Å². The molecule has 1 N–H and O–H groups in total. The fourth-order valence-electron chi connectivity index (χ4n) is 4.32. The summed E-state index contributed by atoms with van der Waals surface area (Å²) in [6, 6.07) is 33.0. The molecule has 0 unspecified atom stereocenters. The molecule has 0 aliphatic heterocycles. The average molecular weight is 531 g/mol. The van der Waals surface area contributed by atoms with Gasteiger partial charge in [0.05, 0.1) is 5.56 Å². The van der Waals surface area contributed by atoms with E-state index in [9.17, 15) is 14.7 Å². The third-order valence-corrected chi connectivity index (χ3v) is 10.3. The Morgan fingerprint density at radius 3 is 1.54 bits per heavy atom. The number of hydrogen-bond donors (Lipinski definition) is 1. The Labute approximate surface area is 222 Å². The molecule has 0 spiro atoms. The van der Waals surface area contributed by atoms with E-state index in [-0.39, 0.29) is 21.6 Å². The fraction of sp³-hybridized carbons (Fsp3) is 0.129. The predicted octanol–water partition coefficient (Wildman–Crippen LogP) is 5.74. The Hall–Kier alpha value is -3.59. The van der Waals surface area contributed by atoms with Crippen molar-refractivity contribution in [2.75, 3.05) is 0 Å². The van der Waals surface area contributed by atoms with Gasteiger partial charge in [-0.25, -0.2) is 4.79 Å². The summed E-state index contributed by atoms with van der Waals surface area (Å²) in [5.74, 6) is -1.63. The van der Waals surface area contributed by atoms with E-state index >= 15 is 0 Å². The van der Waals surface area contributed by atoms with Crippen molar-refractivity contribution in [2.24, 2.45) is 0 Å². The van der Waals surface area contributed by atoms with Crippen LogP contribution in [0.5, 0.6) is 5.75 Å². The smallest absolute Gasteiger partial charge is 0.343 e. The van der Waals surface area contributed by atoms with Crippen LogP contribution >= 0.6 is 18.5 Å². The van der Waals surface area contributed by atoms with Gasteiger partial charge in [-0.3, -0.25) is 4.79 Å². The van der Waals surface area contributed by atoms with Crippen LogP contribution in [0, 0.1) is 0 Å². The molecule has 4 aromatic carbocycles. The van der Waals surface area contributed by atoms with Gasteiger partial charge in [-0.2, -0.15) is 0 Å². The van der Waals surface area contributed by atoms with Crippen LogP contribution in [0.3, 0.4) is 0 Å². The Morgan fingerprint density at radius 2 is 1.16 bits per heavy atom. The SMILES string of the molecule is CC(C)(C)OC(=O)C(C(=O)c1ccc(Cl)cc1O)=P(c1ccccc1)(c1ccccc1)c1ccccc1. The molecule has 4 rings (SSSR count). The van der Waals surface area contributed by atoms with Gasteiger partial charge in [0, 0.05) is 5.02 Å². The highest BCUT2D eigenvalue weighted by molar-refractivity contribution is 7.97. The summed E-state index contributed by atoms with van der Waals surface area (Å²) in [5, 5.41) is 13.4. The molecule has 0 saturated heterocycles. The molecule has 0 radical (unpaired) electrons. The van der Waals surface area contributed by atoms with Gasteiger partial charge in [0.25, 0.3) is 0 Å². The number of halogens is 1. The highest BCUT2D eigenvalue weighted by Gasteiger charge is 2.39. The molecule has 0 aliphatic rings. The van der Waals surface area contributed by atoms with Crippen LogP contribution in [-0.2, 0) is 9.53 Å². The zero-order valence-electron chi connectivity index (χ0n) is 20.9. The van der Waals surface area contributed by atoms with Crippen LogP contribution in [0.4, 0.5) is 0 Å². The Balaban J connectivity index is 2.27. The van der Waals surface area contributed by atoms with Crippen molar-refractivity contribution in [2.45, 2.75) is 26.4 Å². The van der Waals surface area contributed by atoms with Crippen LogP contribution < -0.4 is 15.9 Å². The molecular weight excluding hydrogens is 503 g/mol. The predicted molar refractivity (Wildman–Crippen MR) is 153 cm³/mol. The molecule has 0 aliphatic carbocycles. The van der Waals surface area contributed by atoms with Gasteiger partial charge in [0.15, 0.2) is 0 Å². The Bertz CT molecular complexity index is 1370. The number of carbonyl (C=O) groups is 2.